The maximum atomic E-state index is 12.9. The standard InChI is InChI=1S/C26H16BrClN2O3S/c1-13-6-8-17-21(10-13)34-24(23(17)28)26(31)32-14-7-9-16-20(11-14)33-25(30)18(12-29)22(16)15-4-2-3-5-19(15)27/h2-11,22H,30H2,1H3. The number of esters is 1. The minimum Gasteiger partial charge on any atom is -0.440 e. The molecule has 8 heteroatoms. The summed E-state index contributed by atoms with van der Waals surface area (Å²) in [4.78, 5) is 13.3. The Morgan fingerprint density at radius 3 is 2.74 bits per heavy atom. The molecule has 168 valence electrons. The first kappa shape index (κ1) is 22.5. The van der Waals surface area contributed by atoms with Gasteiger partial charge < -0.3 is 15.2 Å². The van der Waals surface area contributed by atoms with Crippen molar-refractivity contribution in [2.45, 2.75) is 12.8 Å². The molecule has 0 saturated heterocycles. The third kappa shape index (κ3) is 3.84. The summed E-state index contributed by atoms with van der Waals surface area (Å²) in [7, 11) is 0. The lowest BCUT2D eigenvalue weighted by molar-refractivity contribution is 0.0740. The maximum absolute atomic E-state index is 12.9. The molecule has 0 radical (unpaired) electrons. The van der Waals surface area contributed by atoms with E-state index < -0.39 is 11.9 Å². The summed E-state index contributed by atoms with van der Waals surface area (Å²) in [6.07, 6.45) is 0. The molecule has 1 unspecified atom stereocenters. The Balaban J connectivity index is 1.50. The molecule has 0 fully saturated rings. The smallest absolute Gasteiger partial charge is 0.355 e. The number of fused-ring (bicyclic) bond motifs is 2. The molecule has 5 nitrogen and oxygen atoms in total. The van der Waals surface area contributed by atoms with Gasteiger partial charge in [0.2, 0.25) is 5.88 Å². The lowest BCUT2D eigenvalue weighted by atomic mass is 9.83. The zero-order chi connectivity index (χ0) is 24.0. The molecule has 1 aromatic heterocycles. The average molecular weight is 552 g/mol. The number of ether oxygens (including phenoxy) is 2. The van der Waals surface area contributed by atoms with Crippen LogP contribution in [-0.2, 0) is 0 Å². The largest absolute Gasteiger partial charge is 0.440 e. The predicted molar refractivity (Wildman–Crippen MR) is 136 cm³/mol. The number of carbonyl (C=O) groups excluding carboxylic acids is 1. The Morgan fingerprint density at radius 1 is 1.18 bits per heavy atom. The summed E-state index contributed by atoms with van der Waals surface area (Å²) in [5.41, 5.74) is 9.12. The quantitative estimate of drug-likeness (QED) is 0.218. The Kier molecular flexibility index (Phi) is 5.82. The summed E-state index contributed by atoms with van der Waals surface area (Å²) in [5, 5.41) is 10.9. The van der Waals surface area contributed by atoms with E-state index in [1.807, 2.05) is 49.4 Å². The fraction of sp³-hybridized carbons (Fsp3) is 0.0769. The van der Waals surface area contributed by atoms with Gasteiger partial charge in [-0.3, -0.25) is 0 Å². The molecule has 2 N–H and O–H groups in total. The van der Waals surface area contributed by atoms with E-state index in [2.05, 4.69) is 22.0 Å². The van der Waals surface area contributed by atoms with Crippen molar-refractivity contribution < 1.29 is 14.3 Å². The number of benzene rings is 3. The number of nitriles is 1. The third-order valence-electron chi connectivity index (χ3n) is 5.59. The number of hydrogen-bond donors (Lipinski definition) is 1. The monoisotopic (exact) mass is 550 g/mol. The van der Waals surface area contributed by atoms with Crippen molar-refractivity contribution in [3.05, 3.63) is 103 Å². The highest BCUT2D eigenvalue weighted by molar-refractivity contribution is 9.10. The van der Waals surface area contributed by atoms with Gasteiger partial charge in [-0.2, -0.15) is 5.26 Å². The topological polar surface area (TPSA) is 85.3 Å². The minimum absolute atomic E-state index is 0.0159. The number of thiophene rings is 1. The fourth-order valence-electron chi connectivity index (χ4n) is 3.99. The van der Waals surface area contributed by atoms with E-state index in [1.165, 1.54) is 11.3 Å². The van der Waals surface area contributed by atoms with Crippen LogP contribution in [0, 0.1) is 18.3 Å². The molecule has 1 aliphatic heterocycles. The van der Waals surface area contributed by atoms with Crippen molar-refractivity contribution in [2.24, 2.45) is 5.73 Å². The van der Waals surface area contributed by atoms with E-state index in [9.17, 15) is 10.1 Å². The zero-order valence-electron chi connectivity index (χ0n) is 17.8. The Morgan fingerprint density at radius 2 is 1.97 bits per heavy atom. The van der Waals surface area contributed by atoms with Crippen molar-refractivity contribution in [3.8, 4) is 17.6 Å². The molecule has 1 aliphatic rings. The molecule has 5 rings (SSSR count). The summed E-state index contributed by atoms with van der Waals surface area (Å²) in [6.45, 7) is 1.98. The molecule has 3 aromatic carbocycles. The van der Waals surface area contributed by atoms with Crippen molar-refractivity contribution >= 4 is 54.9 Å². The fourth-order valence-corrected chi connectivity index (χ4v) is 5.98. The highest BCUT2D eigenvalue weighted by Gasteiger charge is 2.32. The second kappa shape index (κ2) is 8.80. The molecule has 0 spiro atoms. The van der Waals surface area contributed by atoms with Gasteiger partial charge in [-0.05, 0) is 36.2 Å². The average Bonchev–Trinajstić information content (AvgIpc) is 3.14. The Bertz CT molecular complexity index is 1550. The van der Waals surface area contributed by atoms with Gasteiger partial charge in [0.25, 0.3) is 0 Å². The highest BCUT2D eigenvalue weighted by atomic mass is 79.9. The van der Waals surface area contributed by atoms with Crippen molar-refractivity contribution in [3.63, 3.8) is 0 Å². The predicted octanol–water partition coefficient (Wildman–Crippen LogP) is 7.06. The van der Waals surface area contributed by atoms with Crippen LogP contribution in [0.25, 0.3) is 10.1 Å². The van der Waals surface area contributed by atoms with Gasteiger partial charge in [0.1, 0.15) is 28.0 Å². The second-order valence-corrected chi connectivity index (χ2v) is 10.1. The highest BCUT2D eigenvalue weighted by Crippen LogP contribution is 2.45. The van der Waals surface area contributed by atoms with Gasteiger partial charge in [0.15, 0.2) is 0 Å². The van der Waals surface area contributed by atoms with Crippen LogP contribution in [-0.4, -0.2) is 5.97 Å². The number of halogens is 2. The first-order chi connectivity index (χ1) is 16.4. The van der Waals surface area contributed by atoms with E-state index >= 15 is 0 Å². The Labute approximate surface area is 213 Å². The molecule has 0 saturated carbocycles. The van der Waals surface area contributed by atoms with Crippen LogP contribution in [0.1, 0.15) is 32.3 Å². The van der Waals surface area contributed by atoms with Gasteiger partial charge in [-0.25, -0.2) is 4.79 Å². The van der Waals surface area contributed by atoms with Crippen molar-refractivity contribution in [1.82, 2.24) is 0 Å². The second-order valence-electron chi connectivity index (χ2n) is 7.78. The molecular formula is C26H16BrClN2O3S. The lowest BCUT2D eigenvalue weighted by Crippen LogP contribution is -2.21. The summed E-state index contributed by atoms with van der Waals surface area (Å²) < 4.78 is 13.1. The van der Waals surface area contributed by atoms with E-state index in [4.69, 9.17) is 26.8 Å². The summed E-state index contributed by atoms with van der Waals surface area (Å²) >= 11 is 11.3. The van der Waals surface area contributed by atoms with Crippen LogP contribution in [0.2, 0.25) is 5.02 Å². The number of carbonyl (C=O) groups is 1. The first-order valence-corrected chi connectivity index (χ1v) is 12.2. The number of nitrogens with two attached hydrogens (primary N) is 1. The zero-order valence-corrected chi connectivity index (χ0v) is 20.9. The summed E-state index contributed by atoms with van der Waals surface area (Å²) in [5.74, 6) is -0.257. The maximum Gasteiger partial charge on any atom is 0.355 e. The van der Waals surface area contributed by atoms with E-state index in [0.717, 1.165) is 31.2 Å². The molecule has 4 aromatic rings. The molecule has 0 amide bonds. The molecular weight excluding hydrogens is 536 g/mol. The minimum atomic E-state index is -0.553. The number of allylic oxidation sites excluding steroid dienone is 1. The normalized spacial score (nSPS) is 14.9. The van der Waals surface area contributed by atoms with Crippen molar-refractivity contribution in [1.29, 1.82) is 5.26 Å². The third-order valence-corrected chi connectivity index (χ3v) is 7.95. The van der Waals surface area contributed by atoms with Gasteiger partial charge in [0, 0.05) is 26.2 Å². The van der Waals surface area contributed by atoms with E-state index in [0.29, 0.717) is 21.2 Å². The SMILES string of the molecule is Cc1ccc2c(Cl)c(C(=O)Oc3ccc4c(c3)OC(N)=C(C#N)C4c3ccccc3Br)sc2c1. The first-order valence-electron chi connectivity index (χ1n) is 10.2. The van der Waals surface area contributed by atoms with Gasteiger partial charge >= 0.3 is 5.97 Å². The van der Waals surface area contributed by atoms with Crippen LogP contribution in [0.4, 0.5) is 0 Å². The Hall–Kier alpha value is -3.31. The number of nitrogens with zero attached hydrogens (tertiary/aromatic N) is 1. The molecule has 0 aliphatic carbocycles. The summed E-state index contributed by atoms with van der Waals surface area (Å²) in [6, 6.07) is 20.7. The molecule has 1 atom stereocenters. The van der Waals surface area contributed by atoms with Crippen LogP contribution >= 0.6 is 38.9 Å². The van der Waals surface area contributed by atoms with E-state index in [1.54, 1.807) is 18.2 Å². The van der Waals surface area contributed by atoms with Crippen LogP contribution in [0.15, 0.2) is 76.6 Å². The van der Waals surface area contributed by atoms with E-state index in [-0.39, 0.29) is 11.6 Å². The van der Waals surface area contributed by atoms with Crippen LogP contribution in [0.5, 0.6) is 11.5 Å². The number of rotatable bonds is 3. The van der Waals surface area contributed by atoms with Gasteiger partial charge in [-0.1, -0.05) is 63.9 Å². The molecule has 2 heterocycles. The van der Waals surface area contributed by atoms with Crippen LogP contribution in [0.3, 0.4) is 0 Å². The lowest BCUT2D eigenvalue weighted by Gasteiger charge is -2.27. The van der Waals surface area contributed by atoms with Crippen molar-refractivity contribution in [2.75, 3.05) is 0 Å². The number of aryl methyl sites for hydroxylation is 1. The number of hydrogen-bond acceptors (Lipinski definition) is 6. The van der Waals surface area contributed by atoms with Gasteiger partial charge in [0.05, 0.1) is 10.9 Å². The molecule has 34 heavy (non-hydrogen) atoms. The van der Waals surface area contributed by atoms with Crippen LogP contribution < -0.4 is 15.2 Å². The van der Waals surface area contributed by atoms with Gasteiger partial charge in [-0.15, -0.1) is 11.3 Å². The molecule has 0 bridgehead atoms.